The van der Waals surface area contributed by atoms with Crippen molar-refractivity contribution in [2.75, 3.05) is 26.9 Å². The molecule has 1 aliphatic rings. The van der Waals surface area contributed by atoms with Crippen molar-refractivity contribution in [1.29, 1.82) is 0 Å². The molecule has 8 nitrogen and oxygen atoms in total. The van der Waals surface area contributed by atoms with E-state index >= 15 is 0 Å². The fraction of sp³-hybridized carbons (Fsp3) is 0.435. The van der Waals surface area contributed by atoms with Crippen LogP contribution >= 0.6 is 11.6 Å². The number of ether oxygens (including phenoxy) is 3. The Morgan fingerprint density at radius 2 is 2.06 bits per heavy atom. The lowest BCUT2D eigenvalue weighted by Crippen LogP contribution is -2.25. The molecule has 2 aromatic rings. The highest BCUT2D eigenvalue weighted by atomic mass is 35.5. The van der Waals surface area contributed by atoms with Gasteiger partial charge in [-0.2, -0.15) is 0 Å². The lowest BCUT2D eigenvalue weighted by atomic mass is 10.0. The van der Waals surface area contributed by atoms with E-state index in [9.17, 15) is 14.4 Å². The number of aromatic nitrogens is 1. The first kappa shape index (κ1) is 23.7. The summed E-state index contributed by atoms with van der Waals surface area (Å²) in [5.41, 5.74) is 1.11. The highest BCUT2D eigenvalue weighted by molar-refractivity contribution is 6.32. The number of carbonyl (C=O) groups is 2. The van der Waals surface area contributed by atoms with Gasteiger partial charge in [-0.15, -0.1) is 0 Å². The van der Waals surface area contributed by atoms with Gasteiger partial charge < -0.3 is 24.1 Å². The van der Waals surface area contributed by atoms with Gasteiger partial charge in [-0.05, 0) is 25.3 Å². The third kappa shape index (κ3) is 5.07. The van der Waals surface area contributed by atoms with E-state index in [2.05, 4.69) is 23.9 Å². The van der Waals surface area contributed by atoms with Crippen molar-refractivity contribution in [3.63, 3.8) is 0 Å². The number of ketones is 1. The molecule has 0 spiro atoms. The Hall–Kier alpha value is -3.00. The van der Waals surface area contributed by atoms with Crippen LogP contribution in [0.1, 0.15) is 43.6 Å². The number of amides is 1. The van der Waals surface area contributed by atoms with Crippen LogP contribution in [-0.4, -0.2) is 43.3 Å². The smallest absolute Gasteiger partial charge is 0.406 e. The Morgan fingerprint density at radius 3 is 2.72 bits per heavy atom. The molecule has 172 valence electrons. The number of nitrogens with one attached hydrogen (secondary N) is 1. The molecule has 2 heterocycles. The molecule has 1 aliphatic heterocycles. The van der Waals surface area contributed by atoms with E-state index in [1.807, 2.05) is 4.57 Å². The molecule has 0 fully saturated rings. The predicted octanol–water partition coefficient (Wildman–Crippen LogP) is 4.09. The molecule has 0 saturated heterocycles. The Morgan fingerprint density at radius 1 is 1.31 bits per heavy atom. The molecule has 1 aromatic heterocycles. The summed E-state index contributed by atoms with van der Waals surface area (Å²) in [6.45, 7) is 6.59. The third-order valence-corrected chi connectivity index (χ3v) is 5.63. The van der Waals surface area contributed by atoms with Gasteiger partial charge in [-0.25, -0.2) is 4.79 Å². The number of methoxy groups -OCH3 is 1. The number of hydrogen-bond donors (Lipinski definition) is 1. The van der Waals surface area contributed by atoms with Gasteiger partial charge in [-0.1, -0.05) is 25.4 Å². The quantitative estimate of drug-likeness (QED) is 0.492. The summed E-state index contributed by atoms with van der Waals surface area (Å²) in [7, 11) is 1.30. The molecule has 1 atom stereocenters. The molecule has 0 aliphatic carbocycles. The van der Waals surface area contributed by atoms with Gasteiger partial charge in [0.25, 0.3) is 0 Å². The number of hydrogen-bond acceptors (Lipinski definition) is 6. The molecule has 0 saturated carbocycles. The van der Waals surface area contributed by atoms with Crippen molar-refractivity contribution >= 4 is 23.5 Å². The van der Waals surface area contributed by atoms with Crippen molar-refractivity contribution in [2.45, 2.75) is 33.2 Å². The Kier molecular flexibility index (Phi) is 7.45. The summed E-state index contributed by atoms with van der Waals surface area (Å²) in [6, 6.07) is 4.81. The predicted molar refractivity (Wildman–Crippen MR) is 121 cm³/mol. The van der Waals surface area contributed by atoms with E-state index < -0.39 is 6.09 Å². The highest BCUT2D eigenvalue weighted by Gasteiger charge is 2.27. The van der Waals surface area contributed by atoms with Gasteiger partial charge in [0.15, 0.2) is 11.2 Å². The van der Waals surface area contributed by atoms with Crippen LogP contribution in [0.4, 0.5) is 4.79 Å². The average molecular weight is 463 g/mol. The van der Waals surface area contributed by atoms with Crippen LogP contribution in [0.25, 0.3) is 11.3 Å². The Balaban J connectivity index is 1.92. The summed E-state index contributed by atoms with van der Waals surface area (Å²) in [4.78, 5) is 35.6. The normalized spacial score (nSPS) is 14.6. The van der Waals surface area contributed by atoms with Crippen LogP contribution in [0, 0.1) is 5.92 Å². The van der Waals surface area contributed by atoms with Crippen LogP contribution in [0.2, 0.25) is 5.02 Å². The topological polar surface area (TPSA) is 95.9 Å². The fourth-order valence-corrected chi connectivity index (χ4v) is 3.77. The summed E-state index contributed by atoms with van der Waals surface area (Å²) in [5.74, 6) is 0.908. The largest absolute Gasteiger partial charge is 0.492 e. The zero-order chi connectivity index (χ0) is 23.4. The van der Waals surface area contributed by atoms with E-state index in [0.717, 1.165) is 0 Å². The summed E-state index contributed by atoms with van der Waals surface area (Å²) < 4.78 is 18.3. The minimum atomic E-state index is -0.497. The zero-order valence-electron chi connectivity index (χ0n) is 18.6. The molecule has 32 heavy (non-hydrogen) atoms. The zero-order valence-corrected chi connectivity index (χ0v) is 19.3. The number of pyridine rings is 1. The van der Waals surface area contributed by atoms with Crippen LogP contribution in [0.3, 0.4) is 0 Å². The van der Waals surface area contributed by atoms with E-state index in [0.29, 0.717) is 54.0 Å². The van der Waals surface area contributed by atoms with Gasteiger partial charge in [0.2, 0.25) is 0 Å². The molecule has 1 aromatic carbocycles. The highest BCUT2D eigenvalue weighted by Crippen LogP contribution is 2.42. The summed E-state index contributed by atoms with van der Waals surface area (Å²) in [5, 5.41) is 2.95. The van der Waals surface area contributed by atoms with Crippen molar-refractivity contribution in [1.82, 2.24) is 9.88 Å². The average Bonchev–Trinajstić information content (AvgIpc) is 2.89. The van der Waals surface area contributed by atoms with E-state index in [4.69, 9.17) is 21.1 Å². The number of halogens is 1. The first-order valence-corrected chi connectivity index (χ1v) is 10.8. The van der Waals surface area contributed by atoms with Crippen molar-refractivity contribution in [2.24, 2.45) is 5.92 Å². The molecule has 9 heteroatoms. The Bertz CT molecular complexity index is 1080. The van der Waals surface area contributed by atoms with E-state index in [-0.39, 0.29) is 28.7 Å². The molecular formula is C23H27ClN2O6. The first-order chi connectivity index (χ1) is 15.2. The number of benzene rings is 1. The second-order valence-corrected chi connectivity index (χ2v) is 8.33. The molecule has 0 bridgehead atoms. The van der Waals surface area contributed by atoms with Gasteiger partial charge in [0, 0.05) is 30.4 Å². The molecule has 1 N–H and O–H groups in total. The number of carbonyl (C=O) groups excluding carboxylic acids is 2. The van der Waals surface area contributed by atoms with Crippen molar-refractivity contribution < 1.29 is 23.8 Å². The number of fused-ring (bicyclic) bond motifs is 3. The number of nitrogens with zero attached hydrogens (tertiary/aromatic N) is 1. The first-order valence-electron chi connectivity index (χ1n) is 10.4. The van der Waals surface area contributed by atoms with Gasteiger partial charge in [-0.3, -0.25) is 9.59 Å². The standard InChI is InChI=1S/C23H27ClN2O6/c1-13(2)19-12-32-21-10-22(31-7-5-6-25-23(29)30-4)17(24)8-15(21)18-9-20(28)16(14(3)27)11-26(18)19/h8-11,13,19H,5-7,12H2,1-4H3,(H,25,29)/t19-/m0/s1. The minimum absolute atomic E-state index is 0.0800. The van der Waals surface area contributed by atoms with Gasteiger partial charge in [0.1, 0.15) is 18.1 Å². The van der Waals surface area contributed by atoms with E-state index in [1.54, 1.807) is 18.3 Å². The lowest BCUT2D eigenvalue weighted by Gasteiger charge is -2.24. The SMILES string of the molecule is COC(=O)NCCCOc1cc2c(cc1Cl)-c1cc(=O)c(C(C)=O)cn1[C@H](C(C)C)CO2. The number of Topliss-reactive ketones (excluding diaryl/α,β-unsaturated/α-hetero) is 1. The second-order valence-electron chi connectivity index (χ2n) is 7.92. The molecule has 0 unspecified atom stereocenters. The maximum absolute atomic E-state index is 12.6. The summed E-state index contributed by atoms with van der Waals surface area (Å²) >= 11 is 6.48. The fourth-order valence-electron chi connectivity index (χ4n) is 3.56. The van der Waals surface area contributed by atoms with Crippen LogP contribution in [0.5, 0.6) is 11.5 Å². The van der Waals surface area contributed by atoms with Crippen molar-refractivity contribution in [3.05, 3.63) is 45.2 Å². The maximum atomic E-state index is 12.6. The van der Waals surface area contributed by atoms with Gasteiger partial charge >= 0.3 is 6.09 Å². The lowest BCUT2D eigenvalue weighted by molar-refractivity contribution is 0.101. The van der Waals surface area contributed by atoms with Crippen LogP contribution in [0.15, 0.2) is 29.2 Å². The number of alkyl carbamates (subject to hydrolysis) is 1. The molecule has 1 amide bonds. The van der Waals surface area contributed by atoms with Crippen LogP contribution < -0.4 is 20.2 Å². The van der Waals surface area contributed by atoms with Crippen LogP contribution in [-0.2, 0) is 4.74 Å². The minimum Gasteiger partial charge on any atom is -0.492 e. The number of rotatable bonds is 7. The summed E-state index contributed by atoms with van der Waals surface area (Å²) in [6.07, 6.45) is 1.68. The Labute approximate surface area is 191 Å². The second kappa shape index (κ2) is 10.1. The van der Waals surface area contributed by atoms with E-state index in [1.165, 1.54) is 20.1 Å². The molecule has 3 rings (SSSR count). The maximum Gasteiger partial charge on any atom is 0.406 e. The van der Waals surface area contributed by atoms with Gasteiger partial charge in [0.05, 0.1) is 36.0 Å². The third-order valence-electron chi connectivity index (χ3n) is 5.34. The molecular weight excluding hydrogens is 436 g/mol. The monoisotopic (exact) mass is 462 g/mol. The molecule has 0 radical (unpaired) electrons. The van der Waals surface area contributed by atoms with Crippen molar-refractivity contribution in [3.8, 4) is 22.8 Å².